The van der Waals surface area contributed by atoms with Gasteiger partial charge in [0, 0.05) is 19.2 Å². The maximum absolute atomic E-state index is 12.6. The molecule has 1 fully saturated rings. The highest BCUT2D eigenvalue weighted by atomic mass is 16.2. The van der Waals surface area contributed by atoms with Crippen LogP contribution in [-0.4, -0.2) is 33.7 Å². The van der Waals surface area contributed by atoms with Gasteiger partial charge in [-0.1, -0.05) is 19.1 Å². The van der Waals surface area contributed by atoms with Crippen molar-refractivity contribution in [2.24, 2.45) is 5.92 Å². The summed E-state index contributed by atoms with van der Waals surface area (Å²) in [6.45, 7) is 5.81. The second kappa shape index (κ2) is 5.83. The SMILES string of the molecule is Cc1cccc(-n2nc(C(=O)N3CCCC(C)C3)cc2N)c1. The van der Waals surface area contributed by atoms with Gasteiger partial charge in [0.05, 0.1) is 5.69 Å². The van der Waals surface area contributed by atoms with Crippen LogP contribution in [-0.2, 0) is 0 Å². The predicted octanol–water partition coefficient (Wildman–Crippen LogP) is 2.64. The van der Waals surface area contributed by atoms with E-state index in [1.165, 1.54) is 6.42 Å². The van der Waals surface area contributed by atoms with Gasteiger partial charge in [-0.3, -0.25) is 4.79 Å². The number of carbonyl (C=O) groups is 1. The molecule has 1 aliphatic heterocycles. The van der Waals surface area contributed by atoms with E-state index in [1.54, 1.807) is 10.7 Å². The molecule has 5 heteroatoms. The molecule has 0 spiro atoms. The third kappa shape index (κ3) is 2.84. The molecule has 2 aromatic rings. The third-order valence-corrected chi connectivity index (χ3v) is 4.15. The first-order chi connectivity index (χ1) is 10.5. The van der Waals surface area contributed by atoms with Gasteiger partial charge in [0.25, 0.3) is 5.91 Å². The Kier molecular flexibility index (Phi) is 3.88. The number of nitrogens with two attached hydrogens (primary N) is 1. The molecule has 116 valence electrons. The Morgan fingerprint density at radius 2 is 2.18 bits per heavy atom. The van der Waals surface area contributed by atoms with Crippen LogP contribution in [0, 0.1) is 12.8 Å². The molecule has 5 nitrogen and oxygen atoms in total. The van der Waals surface area contributed by atoms with E-state index in [4.69, 9.17) is 5.73 Å². The van der Waals surface area contributed by atoms with Crippen molar-refractivity contribution in [1.29, 1.82) is 0 Å². The lowest BCUT2D eigenvalue weighted by Crippen LogP contribution is -2.39. The minimum atomic E-state index is -0.0235. The van der Waals surface area contributed by atoms with Crippen LogP contribution in [0.15, 0.2) is 30.3 Å². The van der Waals surface area contributed by atoms with Gasteiger partial charge in [0.15, 0.2) is 5.69 Å². The molecule has 1 unspecified atom stereocenters. The summed E-state index contributed by atoms with van der Waals surface area (Å²) in [7, 11) is 0. The number of rotatable bonds is 2. The number of hydrogen-bond donors (Lipinski definition) is 1. The van der Waals surface area contributed by atoms with Crippen molar-refractivity contribution in [3.8, 4) is 5.69 Å². The highest BCUT2D eigenvalue weighted by molar-refractivity contribution is 5.93. The average Bonchev–Trinajstić information content (AvgIpc) is 2.88. The Morgan fingerprint density at radius 3 is 2.91 bits per heavy atom. The minimum Gasteiger partial charge on any atom is -0.384 e. The predicted molar refractivity (Wildman–Crippen MR) is 87.0 cm³/mol. The molecule has 0 saturated carbocycles. The number of likely N-dealkylation sites (tertiary alicyclic amines) is 1. The van der Waals surface area contributed by atoms with Crippen LogP contribution in [0.3, 0.4) is 0 Å². The van der Waals surface area contributed by atoms with Crippen molar-refractivity contribution in [2.45, 2.75) is 26.7 Å². The third-order valence-electron chi connectivity index (χ3n) is 4.15. The number of hydrogen-bond acceptors (Lipinski definition) is 3. The number of aryl methyl sites for hydroxylation is 1. The fourth-order valence-corrected chi connectivity index (χ4v) is 3.00. The topological polar surface area (TPSA) is 64.2 Å². The van der Waals surface area contributed by atoms with Crippen molar-refractivity contribution < 1.29 is 4.79 Å². The summed E-state index contributed by atoms with van der Waals surface area (Å²) in [5, 5.41) is 4.42. The van der Waals surface area contributed by atoms with Crippen molar-refractivity contribution in [2.75, 3.05) is 18.8 Å². The summed E-state index contributed by atoms with van der Waals surface area (Å²) < 4.78 is 1.63. The number of carbonyl (C=O) groups excluding carboxylic acids is 1. The number of benzene rings is 1. The summed E-state index contributed by atoms with van der Waals surface area (Å²) in [5.41, 5.74) is 8.48. The summed E-state index contributed by atoms with van der Waals surface area (Å²) in [6, 6.07) is 9.59. The van der Waals surface area contributed by atoms with Crippen molar-refractivity contribution in [3.63, 3.8) is 0 Å². The lowest BCUT2D eigenvalue weighted by Gasteiger charge is -2.30. The standard InChI is InChI=1S/C17H22N4O/c1-12-5-3-7-14(9-12)21-16(18)10-15(19-21)17(22)20-8-4-6-13(2)11-20/h3,5,7,9-10,13H,4,6,8,11,18H2,1-2H3. The number of nitrogen functional groups attached to an aromatic ring is 1. The summed E-state index contributed by atoms with van der Waals surface area (Å²) in [4.78, 5) is 14.5. The second-order valence-electron chi connectivity index (χ2n) is 6.20. The minimum absolute atomic E-state index is 0.0235. The molecule has 3 rings (SSSR count). The molecule has 0 aliphatic carbocycles. The molecule has 1 aromatic carbocycles. The summed E-state index contributed by atoms with van der Waals surface area (Å²) >= 11 is 0. The van der Waals surface area contributed by atoms with E-state index < -0.39 is 0 Å². The number of piperidine rings is 1. The van der Waals surface area contributed by atoms with Crippen LogP contribution in [0.25, 0.3) is 5.69 Å². The number of anilines is 1. The smallest absolute Gasteiger partial charge is 0.274 e. The highest BCUT2D eigenvalue weighted by Crippen LogP contribution is 2.20. The van der Waals surface area contributed by atoms with Gasteiger partial charge in [-0.15, -0.1) is 0 Å². The fraction of sp³-hybridized carbons (Fsp3) is 0.412. The van der Waals surface area contributed by atoms with Gasteiger partial charge in [0.1, 0.15) is 5.82 Å². The molecular weight excluding hydrogens is 276 g/mol. The van der Waals surface area contributed by atoms with E-state index in [0.29, 0.717) is 17.4 Å². The number of aromatic nitrogens is 2. The van der Waals surface area contributed by atoms with E-state index in [-0.39, 0.29) is 5.91 Å². The van der Waals surface area contributed by atoms with Crippen molar-refractivity contribution >= 4 is 11.7 Å². The summed E-state index contributed by atoms with van der Waals surface area (Å²) in [6.07, 6.45) is 2.24. The van der Waals surface area contributed by atoms with E-state index in [9.17, 15) is 4.79 Å². The highest BCUT2D eigenvalue weighted by Gasteiger charge is 2.24. The van der Waals surface area contributed by atoms with Crippen molar-refractivity contribution in [1.82, 2.24) is 14.7 Å². The molecule has 1 amide bonds. The molecule has 1 aliphatic rings. The molecule has 1 saturated heterocycles. The van der Waals surface area contributed by atoms with Crippen LogP contribution >= 0.6 is 0 Å². The Bertz CT molecular complexity index is 692. The molecule has 2 heterocycles. The van der Waals surface area contributed by atoms with Gasteiger partial charge < -0.3 is 10.6 Å². The molecule has 22 heavy (non-hydrogen) atoms. The molecule has 2 N–H and O–H groups in total. The van der Waals surface area contributed by atoms with Gasteiger partial charge in [0.2, 0.25) is 0 Å². The number of nitrogens with zero attached hydrogens (tertiary/aromatic N) is 3. The van der Waals surface area contributed by atoms with Crippen molar-refractivity contribution in [3.05, 3.63) is 41.6 Å². The first kappa shape index (κ1) is 14.6. The van der Waals surface area contributed by atoms with Crippen LogP contribution in [0.4, 0.5) is 5.82 Å². The Hall–Kier alpha value is -2.30. The Morgan fingerprint density at radius 1 is 1.36 bits per heavy atom. The molecule has 0 bridgehead atoms. The zero-order valence-corrected chi connectivity index (χ0v) is 13.1. The monoisotopic (exact) mass is 298 g/mol. The molecule has 0 radical (unpaired) electrons. The zero-order valence-electron chi connectivity index (χ0n) is 13.1. The van der Waals surface area contributed by atoms with Crippen LogP contribution in [0.2, 0.25) is 0 Å². The molecule has 1 aromatic heterocycles. The first-order valence-corrected chi connectivity index (χ1v) is 7.76. The molecular formula is C17H22N4O. The quantitative estimate of drug-likeness (QED) is 0.927. The van der Waals surface area contributed by atoms with Gasteiger partial charge in [-0.2, -0.15) is 5.10 Å². The van der Waals surface area contributed by atoms with Gasteiger partial charge in [-0.05, 0) is 43.4 Å². The largest absolute Gasteiger partial charge is 0.384 e. The average molecular weight is 298 g/mol. The Labute approximate surface area is 130 Å². The number of amides is 1. The molecule has 1 atom stereocenters. The normalized spacial score (nSPS) is 18.5. The van der Waals surface area contributed by atoms with E-state index >= 15 is 0 Å². The van der Waals surface area contributed by atoms with E-state index in [0.717, 1.165) is 30.8 Å². The lowest BCUT2D eigenvalue weighted by atomic mass is 10.00. The van der Waals surface area contributed by atoms with Gasteiger partial charge >= 0.3 is 0 Å². The lowest BCUT2D eigenvalue weighted by molar-refractivity contribution is 0.0676. The fourth-order valence-electron chi connectivity index (χ4n) is 3.00. The van der Waals surface area contributed by atoms with Crippen LogP contribution in [0.5, 0.6) is 0 Å². The van der Waals surface area contributed by atoms with Crippen LogP contribution < -0.4 is 5.73 Å². The second-order valence-corrected chi connectivity index (χ2v) is 6.20. The summed E-state index contributed by atoms with van der Waals surface area (Å²) in [5.74, 6) is 1.01. The maximum Gasteiger partial charge on any atom is 0.274 e. The van der Waals surface area contributed by atoms with Crippen LogP contribution in [0.1, 0.15) is 35.8 Å². The Balaban J connectivity index is 1.87. The maximum atomic E-state index is 12.6. The first-order valence-electron chi connectivity index (χ1n) is 7.76. The van der Waals surface area contributed by atoms with E-state index in [2.05, 4.69) is 12.0 Å². The van der Waals surface area contributed by atoms with E-state index in [1.807, 2.05) is 36.1 Å². The van der Waals surface area contributed by atoms with Gasteiger partial charge in [-0.25, -0.2) is 4.68 Å². The zero-order chi connectivity index (χ0) is 15.7.